The third-order valence-electron chi connectivity index (χ3n) is 4.72. The number of rotatable bonds is 4. The number of hydrogen-bond donors (Lipinski definition) is 1. The van der Waals surface area contributed by atoms with Crippen molar-refractivity contribution in [2.45, 2.75) is 10.4 Å². The third-order valence-corrected chi connectivity index (χ3v) is 8.43. The zero-order chi connectivity index (χ0) is 21.5. The number of thiophene rings is 1. The third kappa shape index (κ3) is 4.20. The van der Waals surface area contributed by atoms with E-state index < -0.39 is 21.9 Å². The summed E-state index contributed by atoms with van der Waals surface area (Å²) in [4.78, 5) is 2.40. The molecular weight excluding hydrogens is 461 g/mol. The van der Waals surface area contributed by atoms with E-state index in [-0.39, 0.29) is 9.90 Å². The quantitative estimate of drug-likeness (QED) is 0.609. The smallest absolute Gasteiger partial charge is 0.369 e. The molecule has 1 aliphatic heterocycles. The Morgan fingerprint density at radius 2 is 1.80 bits per heavy atom. The normalized spacial score (nSPS) is 16.2. The molecule has 0 spiro atoms. The van der Waals surface area contributed by atoms with Crippen molar-refractivity contribution in [2.75, 3.05) is 31.1 Å². The van der Waals surface area contributed by atoms with Crippen LogP contribution in [-0.4, -0.2) is 49.1 Å². The highest BCUT2D eigenvalue weighted by Crippen LogP contribution is 2.35. The van der Waals surface area contributed by atoms with Crippen LogP contribution >= 0.6 is 22.9 Å². The molecule has 1 fully saturated rings. The summed E-state index contributed by atoms with van der Waals surface area (Å²) in [6.45, 7) is 1.60. The van der Waals surface area contributed by atoms with Crippen LogP contribution in [0.25, 0.3) is 10.6 Å². The lowest BCUT2D eigenvalue weighted by molar-refractivity contribution is -0.141. The number of halogens is 4. The highest BCUT2D eigenvalue weighted by atomic mass is 35.5. The van der Waals surface area contributed by atoms with E-state index in [0.717, 1.165) is 23.1 Å². The number of anilines is 1. The summed E-state index contributed by atoms with van der Waals surface area (Å²) in [5.41, 5.74) is 0.00366. The molecule has 160 valence electrons. The van der Waals surface area contributed by atoms with Gasteiger partial charge in [0.15, 0.2) is 0 Å². The molecule has 2 aromatic heterocycles. The van der Waals surface area contributed by atoms with Gasteiger partial charge in [-0.05, 0) is 36.4 Å². The Morgan fingerprint density at radius 1 is 1.07 bits per heavy atom. The molecule has 1 N–H and O–H groups in total. The second-order valence-corrected chi connectivity index (χ2v) is 10.3. The maximum Gasteiger partial charge on any atom is 0.432 e. The fourth-order valence-corrected chi connectivity index (χ4v) is 6.20. The number of benzene rings is 1. The first-order valence-corrected chi connectivity index (χ1v) is 11.5. The van der Waals surface area contributed by atoms with Crippen LogP contribution in [-0.2, 0) is 16.2 Å². The van der Waals surface area contributed by atoms with Gasteiger partial charge >= 0.3 is 6.18 Å². The van der Waals surface area contributed by atoms with Crippen molar-refractivity contribution in [1.29, 1.82) is 0 Å². The molecule has 3 aromatic rings. The standard InChI is InChI=1S/C18H16ClF3N4O2S2/c19-12-2-1-3-13(10-12)25-6-8-26(9-7-25)30(27,28)17-5-4-15(29-17)14-11-16(24-23-14)18(20,21)22/h1-5,10-11H,6-9H2,(H,23,24). The van der Waals surface area contributed by atoms with E-state index in [2.05, 4.69) is 10.00 Å². The van der Waals surface area contributed by atoms with Gasteiger partial charge < -0.3 is 4.90 Å². The van der Waals surface area contributed by atoms with Crippen molar-refractivity contribution in [2.24, 2.45) is 0 Å². The van der Waals surface area contributed by atoms with E-state index in [4.69, 9.17) is 11.6 Å². The number of hydrogen-bond acceptors (Lipinski definition) is 5. The maximum absolute atomic E-state index is 13.0. The van der Waals surface area contributed by atoms with Gasteiger partial charge in [0, 0.05) is 36.9 Å². The lowest BCUT2D eigenvalue weighted by atomic mass is 10.2. The molecule has 0 saturated carbocycles. The van der Waals surface area contributed by atoms with Crippen LogP contribution in [0.5, 0.6) is 0 Å². The van der Waals surface area contributed by atoms with Crippen LogP contribution in [0.4, 0.5) is 18.9 Å². The monoisotopic (exact) mass is 476 g/mol. The number of H-pyrrole nitrogens is 1. The Morgan fingerprint density at radius 3 is 2.43 bits per heavy atom. The average Bonchev–Trinajstić information content (AvgIpc) is 3.37. The molecule has 0 radical (unpaired) electrons. The van der Waals surface area contributed by atoms with Crippen LogP contribution in [0, 0.1) is 0 Å². The SMILES string of the molecule is O=S(=O)(c1ccc(-c2cc(C(F)(F)F)[nH]n2)s1)N1CCN(c2cccc(Cl)c2)CC1. The van der Waals surface area contributed by atoms with Crippen LogP contribution in [0.1, 0.15) is 5.69 Å². The summed E-state index contributed by atoms with van der Waals surface area (Å²) in [5.74, 6) is 0. The van der Waals surface area contributed by atoms with E-state index in [9.17, 15) is 21.6 Å². The second kappa shape index (κ2) is 7.88. The molecule has 4 rings (SSSR count). The Labute approximate surface area is 179 Å². The molecular formula is C18H16ClF3N4O2S2. The van der Waals surface area contributed by atoms with Crippen molar-refractivity contribution in [3.05, 3.63) is 53.2 Å². The minimum Gasteiger partial charge on any atom is -0.369 e. The van der Waals surface area contributed by atoms with Crippen molar-refractivity contribution >= 4 is 38.6 Å². The summed E-state index contributed by atoms with van der Waals surface area (Å²) in [7, 11) is -3.75. The first-order valence-electron chi connectivity index (χ1n) is 8.88. The Bertz CT molecular complexity index is 1150. The molecule has 30 heavy (non-hydrogen) atoms. The lowest BCUT2D eigenvalue weighted by Gasteiger charge is -2.35. The summed E-state index contributed by atoms with van der Waals surface area (Å²) >= 11 is 6.92. The molecule has 0 amide bonds. The lowest BCUT2D eigenvalue weighted by Crippen LogP contribution is -2.48. The fourth-order valence-electron chi connectivity index (χ4n) is 3.18. The molecule has 3 heterocycles. The van der Waals surface area contributed by atoms with Crippen molar-refractivity contribution in [1.82, 2.24) is 14.5 Å². The van der Waals surface area contributed by atoms with E-state index in [1.807, 2.05) is 23.3 Å². The number of alkyl halides is 3. The fraction of sp³-hybridized carbons (Fsp3) is 0.278. The zero-order valence-corrected chi connectivity index (χ0v) is 17.7. The van der Waals surface area contributed by atoms with Crippen LogP contribution in [0.15, 0.2) is 46.7 Å². The first kappa shape index (κ1) is 21.2. The molecule has 1 aromatic carbocycles. The van der Waals surface area contributed by atoms with Crippen molar-refractivity contribution < 1.29 is 21.6 Å². The van der Waals surface area contributed by atoms with Crippen molar-refractivity contribution in [3.63, 3.8) is 0 Å². The number of piperazine rings is 1. The molecule has 12 heteroatoms. The predicted molar refractivity (Wildman–Crippen MR) is 109 cm³/mol. The van der Waals surface area contributed by atoms with Gasteiger partial charge in [-0.2, -0.15) is 22.6 Å². The van der Waals surface area contributed by atoms with Gasteiger partial charge in [0.2, 0.25) is 0 Å². The van der Waals surface area contributed by atoms with Gasteiger partial charge in [-0.15, -0.1) is 11.3 Å². The molecule has 1 aliphatic rings. The van der Waals surface area contributed by atoms with Crippen LogP contribution < -0.4 is 4.90 Å². The molecule has 6 nitrogen and oxygen atoms in total. The van der Waals surface area contributed by atoms with Gasteiger partial charge in [0.25, 0.3) is 10.0 Å². The van der Waals surface area contributed by atoms with Gasteiger partial charge in [-0.3, -0.25) is 5.10 Å². The predicted octanol–water partition coefficient (Wildman–Crippen LogP) is 4.32. The summed E-state index contributed by atoms with van der Waals surface area (Å²) < 4.78 is 65.7. The minimum absolute atomic E-state index is 0.0551. The van der Waals surface area contributed by atoms with Gasteiger partial charge in [0.1, 0.15) is 15.6 Å². The highest BCUT2D eigenvalue weighted by molar-refractivity contribution is 7.91. The number of aromatic nitrogens is 2. The highest BCUT2D eigenvalue weighted by Gasteiger charge is 2.34. The topological polar surface area (TPSA) is 69.3 Å². The van der Waals surface area contributed by atoms with Gasteiger partial charge in [0.05, 0.1) is 4.88 Å². The van der Waals surface area contributed by atoms with E-state index in [0.29, 0.717) is 36.1 Å². The Balaban J connectivity index is 1.48. The molecule has 0 aliphatic carbocycles. The van der Waals surface area contributed by atoms with Crippen LogP contribution in [0.2, 0.25) is 5.02 Å². The average molecular weight is 477 g/mol. The first-order chi connectivity index (χ1) is 14.1. The molecule has 0 unspecified atom stereocenters. The number of nitrogens with one attached hydrogen (secondary N) is 1. The Kier molecular flexibility index (Phi) is 5.56. The molecule has 1 saturated heterocycles. The number of nitrogens with zero attached hydrogens (tertiary/aromatic N) is 3. The molecule has 0 atom stereocenters. The largest absolute Gasteiger partial charge is 0.432 e. The van der Waals surface area contributed by atoms with Crippen LogP contribution in [0.3, 0.4) is 0 Å². The van der Waals surface area contributed by atoms with E-state index >= 15 is 0 Å². The van der Waals surface area contributed by atoms with E-state index in [1.54, 1.807) is 6.07 Å². The minimum atomic E-state index is -4.54. The zero-order valence-electron chi connectivity index (χ0n) is 15.4. The Hall–Kier alpha value is -2.08. The van der Waals surface area contributed by atoms with E-state index in [1.165, 1.54) is 16.4 Å². The summed E-state index contributed by atoms with van der Waals surface area (Å²) in [6.07, 6.45) is -4.54. The number of sulfonamides is 1. The second-order valence-electron chi connectivity index (χ2n) is 6.65. The summed E-state index contributed by atoms with van der Waals surface area (Å²) in [5, 5.41) is 6.20. The molecule has 0 bridgehead atoms. The maximum atomic E-state index is 13.0. The number of aromatic amines is 1. The van der Waals surface area contributed by atoms with Gasteiger partial charge in [-0.1, -0.05) is 17.7 Å². The van der Waals surface area contributed by atoms with Crippen molar-refractivity contribution in [3.8, 4) is 10.6 Å². The van der Waals surface area contributed by atoms with Gasteiger partial charge in [-0.25, -0.2) is 8.42 Å². The summed E-state index contributed by atoms with van der Waals surface area (Å²) in [6, 6.07) is 11.1.